The number of piperazine rings is 1. The van der Waals surface area contributed by atoms with Gasteiger partial charge in [0.1, 0.15) is 35.6 Å². The average Bonchev–Trinajstić information content (AvgIpc) is 3.21. The SMILES string of the molecule is CC(=O)C1=NN2c3cc(F)ccc3OC[C@H]2[C@@]1(CCCN1CCN(C(C)=O)CC1)c1ccccc1. The van der Waals surface area contributed by atoms with Crippen LogP contribution in [0.15, 0.2) is 53.6 Å². The Kier molecular flexibility index (Phi) is 6.32. The van der Waals surface area contributed by atoms with Gasteiger partial charge in [-0.25, -0.2) is 4.39 Å². The van der Waals surface area contributed by atoms with E-state index in [1.807, 2.05) is 23.1 Å². The highest BCUT2D eigenvalue weighted by atomic mass is 19.1. The largest absolute Gasteiger partial charge is 0.489 e. The van der Waals surface area contributed by atoms with Crippen molar-refractivity contribution in [3.63, 3.8) is 0 Å². The summed E-state index contributed by atoms with van der Waals surface area (Å²) in [4.78, 5) is 28.9. The van der Waals surface area contributed by atoms with Crippen LogP contribution in [0.3, 0.4) is 0 Å². The van der Waals surface area contributed by atoms with Gasteiger partial charge in [-0.1, -0.05) is 30.3 Å². The molecular weight excluding hydrogens is 447 g/mol. The number of ketones is 1. The summed E-state index contributed by atoms with van der Waals surface area (Å²) in [7, 11) is 0. The predicted octanol–water partition coefficient (Wildman–Crippen LogP) is 3.23. The van der Waals surface area contributed by atoms with Crippen molar-refractivity contribution in [2.24, 2.45) is 5.10 Å². The van der Waals surface area contributed by atoms with Crippen molar-refractivity contribution < 1.29 is 18.7 Å². The third-order valence-electron chi connectivity index (χ3n) is 7.54. The lowest BCUT2D eigenvalue weighted by atomic mass is 9.67. The Balaban J connectivity index is 1.45. The number of nitrogens with zero attached hydrogens (tertiary/aromatic N) is 4. The Hall–Kier alpha value is -3.26. The second kappa shape index (κ2) is 9.41. The van der Waals surface area contributed by atoms with Gasteiger partial charge in [0.15, 0.2) is 5.78 Å². The zero-order chi connectivity index (χ0) is 24.6. The summed E-state index contributed by atoms with van der Waals surface area (Å²) in [5, 5.41) is 6.62. The summed E-state index contributed by atoms with van der Waals surface area (Å²) in [6.45, 7) is 7.56. The first-order valence-electron chi connectivity index (χ1n) is 12.2. The molecule has 0 bridgehead atoms. The summed E-state index contributed by atoms with van der Waals surface area (Å²) in [5.74, 6) is 0.238. The van der Waals surface area contributed by atoms with Gasteiger partial charge in [-0.3, -0.25) is 19.5 Å². The molecule has 0 saturated carbocycles. The maximum absolute atomic E-state index is 14.2. The van der Waals surface area contributed by atoms with Crippen molar-refractivity contribution in [2.75, 3.05) is 44.3 Å². The minimum absolute atomic E-state index is 0.0868. The molecule has 2 atom stereocenters. The Morgan fingerprint density at radius 1 is 1.09 bits per heavy atom. The zero-order valence-corrected chi connectivity index (χ0v) is 20.2. The first-order valence-corrected chi connectivity index (χ1v) is 12.2. The molecule has 3 heterocycles. The number of fused-ring (bicyclic) bond motifs is 3. The highest BCUT2D eigenvalue weighted by Gasteiger charge is 2.55. The number of benzene rings is 2. The fourth-order valence-electron chi connectivity index (χ4n) is 5.77. The molecule has 1 saturated heterocycles. The maximum Gasteiger partial charge on any atom is 0.219 e. The van der Waals surface area contributed by atoms with E-state index in [4.69, 9.17) is 9.84 Å². The highest BCUT2D eigenvalue weighted by molar-refractivity contribution is 6.43. The van der Waals surface area contributed by atoms with Crippen molar-refractivity contribution in [3.8, 4) is 5.75 Å². The predicted molar refractivity (Wildman–Crippen MR) is 132 cm³/mol. The molecule has 8 heteroatoms. The lowest BCUT2D eigenvalue weighted by Crippen LogP contribution is -2.54. The number of carbonyl (C=O) groups excluding carboxylic acids is 2. The third kappa shape index (κ3) is 4.20. The molecule has 0 radical (unpaired) electrons. The molecule has 5 rings (SSSR count). The van der Waals surface area contributed by atoms with Crippen LogP contribution in [-0.2, 0) is 15.0 Å². The van der Waals surface area contributed by atoms with E-state index in [2.05, 4.69) is 17.0 Å². The van der Waals surface area contributed by atoms with Crippen LogP contribution >= 0.6 is 0 Å². The zero-order valence-electron chi connectivity index (χ0n) is 20.2. The molecule has 3 aliphatic heterocycles. The highest BCUT2D eigenvalue weighted by Crippen LogP contribution is 2.48. The number of ether oxygens (including phenoxy) is 1. The lowest BCUT2D eigenvalue weighted by Gasteiger charge is -2.42. The molecule has 3 aliphatic rings. The minimum Gasteiger partial charge on any atom is -0.489 e. The molecular formula is C27H31FN4O3. The van der Waals surface area contributed by atoms with Gasteiger partial charge in [-0.15, -0.1) is 0 Å². The van der Waals surface area contributed by atoms with Gasteiger partial charge in [0, 0.05) is 46.1 Å². The molecule has 0 unspecified atom stereocenters. The standard InChI is InChI=1S/C27H31FN4O3/c1-19(33)26-27(21-7-4-3-5-8-21,11-6-12-30-13-15-31(16-14-30)20(2)34)25-18-35-24-10-9-22(28)17-23(24)32(25)29-26/h3-5,7-10,17,25H,6,11-16,18H2,1-2H3/t25-,27+/m0/s1. The molecule has 0 aliphatic carbocycles. The molecule has 184 valence electrons. The summed E-state index contributed by atoms with van der Waals surface area (Å²) < 4.78 is 20.3. The Morgan fingerprint density at radius 2 is 1.83 bits per heavy atom. The van der Waals surface area contributed by atoms with Gasteiger partial charge in [-0.05, 0) is 37.1 Å². The number of hydrogen-bond donors (Lipinski definition) is 0. The van der Waals surface area contributed by atoms with Gasteiger partial charge in [0.2, 0.25) is 5.91 Å². The van der Waals surface area contributed by atoms with Gasteiger partial charge in [0.25, 0.3) is 0 Å². The fourth-order valence-corrected chi connectivity index (χ4v) is 5.77. The van der Waals surface area contributed by atoms with Crippen LogP contribution < -0.4 is 9.75 Å². The van der Waals surface area contributed by atoms with Crippen molar-refractivity contribution in [2.45, 2.75) is 38.1 Å². The van der Waals surface area contributed by atoms with Crippen molar-refractivity contribution >= 4 is 23.1 Å². The molecule has 7 nitrogen and oxygen atoms in total. The summed E-state index contributed by atoms with van der Waals surface area (Å²) in [6.07, 6.45) is 1.55. The van der Waals surface area contributed by atoms with Gasteiger partial charge >= 0.3 is 0 Å². The van der Waals surface area contributed by atoms with Crippen LogP contribution in [0.2, 0.25) is 0 Å². The summed E-state index contributed by atoms with van der Waals surface area (Å²) in [6, 6.07) is 14.2. The Morgan fingerprint density at radius 3 is 2.51 bits per heavy atom. The van der Waals surface area contributed by atoms with Crippen molar-refractivity contribution in [1.29, 1.82) is 0 Å². The van der Waals surface area contributed by atoms with E-state index >= 15 is 0 Å². The van der Waals surface area contributed by atoms with Crippen LogP contribution in [0.4, 0.5) is 10.1 Å². The lowest BCUT2D eigenvalue weighted by molar-refractivity contribution is -0.130. The first kappa shape index (κ1) is 23.5. The smallest absolute Gasteiger partial charge is 0.219 e. The normalized spacial score (nSPS) is 23.9. The Labute approximate surface area is 205 Å². The van der Waals surface area contributed by atoms with Crippen LogP contribution in [0.1, 0.15) is 32.3 Å². The van der Waals surface area contributed by atoms with E-state index in [-0.39, 0.29) is 23.5 Å². The molecule has 35 heavy (non-hydrogen) atoms. The summed E-state index contributed by atoms with van der Waals surface area (Å²) in [5.41, 5.74) is 1.40. The van der Waals surface area contributed by atoms with Gasteiger partial charge in [-0.2, -0.15) is 5.10 Å². The fraction of sp³-hybridized carbons (Fsp3) is 0.444. The number of anilines is 1. The quantitative estimate of drug-likeness (QED) is 0.638. The van der Waals surface area contributed by atoms with E-state index in [1.54, 1.807) is 24.9 Å². The first-order chi connectivity index (χ1) is 16.9. The topological polar surface area (TPSA) is 65.5 Å². The van der Waals surface area contributed by atoms with Gasteiger partial charge < -0.3 is 9.64 Å². The Bertz CT molecular complexity index is 1150. The number of carbonyl (C=O) groups is 2. The van der Waals surface area contributed by atoms with Crippen LogP contribution in [0.25, 0.3) is 0 Å². The van der Waals surface area contributed by atoms with Crippen molar-refractivity contribution in [3.05, 3.63) is 59.9 Å². The number of amides is 1. The van der Waals surface area contributed by atoms with E-state index in [9.17, 15) is 14.0 Å². The summed E-state index contributed by atoms with van der Waals surface area (Å²) >= 11 is 0. The average molecular weight is 479 g/mol. The maximum atomic E-state index is 14.2. The molecule has 0 N–H and O–H groups in total. The number of hydrazone groups is 1. The third-order valence-corrected chi connectivity index (χ3v) is 7.54. The van der Waals surface area contributed by atoms with Crippen LogP contribution in [-0.4, -0.2) is 72.6 Å². The number of Topliss-reactive ketones (excluding diaryl/α,β-unsaturated/α-hetero) is 1. The molecule has 0 spiro atoms. The van der Waals surface area contributed by atoms with Crippen molar-refractivity contribution in [1.82, 2.24) is 9.80 Å². The number of halogens is 1. The second-order valence-electron chi connectivity index (χ2n) is 9.58. The monoisotopic (exact) mass is 478 g/mol. The molecule has 0 aromatic heterocycles. The van der Waals surface area contributed by atoms with Crippen LogP contribution in [0.5, 0.6) is 5.75 Å². The molecule has 2 aromatic rings. The molecule has 2 aromatic carbocycles. The minimum atomic E-state index is -0.668. The van der Waals surface area contributed by atoms with E-state index < -0.39 is 5.41 Å². The number of hydrogen-bond acceptors (Lipinski definition) is 6. The van der Waals surface area contributed by atoms with E-state index in [0.29, 0.717) is 30.2 Å². The van der Waals surface area contributed by atoms with Crippen LogP contribution in [0, 0.1) is 5.82 Å². The van der Waals surface area contributed by atoms with E-state index in [0.717, 1.165) is 44.7 Å². The second-order valence-corrected chi connectivity index (χ2v) is 9.58. The molecule has 1 fully saturated rings. The molecule has 1 amide bonds. The number of rotatable bonds is 6. The van der Waals surface area contributed by atoms with Gasteiger partial charge in [0.05, 0.1) is 5.41 Å². The van der Waals surface area contributed by atoms with E-state index in [1.165, 1.54) is 12.1 Å².